The zero-order valence-corrected chi connectivity index (χ0v) is 13.2. The van der Waals surface area contributed by atoms with E-state index < -0.39 is 11.7 Å². The first-order valence-corrected chi connectivity index (χ1v) is 8.25. The van der Waals surface area contributed by atoms with Crippen LogP contribution in [0, 0.1) is 5.82 Å². The lowest BCUT2D eigenvalue weighted by molar-refractivity contribution is -0.116. The third-order valence-corrected chi connectivity index (χ3v) is 4.83. The second kappa shape index (κ2) is 5.68. The molecule has 0 atom stereocenters. The Balaban J connectivity index is 1.67. The second-order valence-corrected chi connectivity index (χ2v) is 6.43. The highest BCUT2D eigenvalue weighted by molar-refractivity contribution is 7.17. The van der Waals surface area contributed by atoms with E-state index in [9.17, 15) is 14.0 Å². The lowest BCUT2D eigenvalue weighted by atomic mass is 9.99. The molecule has 0 saturated carbocycles. The smallest absolute Gasteiger partial charge is 0.259 e. The molecule has 3 aromatic rings. The Kier molecular flexibility index (Phi) is 3.50. The number of halogens is 1. The minimum absolute atomic E-state index is 0.0565. The van der Waals surface area contributed by atoms with Crippen molar-refractivity contribution in [3.8, 4) is 0 Å². The standard InChI is InChI=1S/C17H12FN3O2S/c18-12-8-13-9(1-2-15(22)20-13)7-11(12)17(23)21-16-10-4-6-24-14(10)3-5-19-16/h3-8H,1-2H2,(H,20,22)(H,19,21,23). The van der Waals surface area contributed by atoms with Crippen LogP contribution in [0.25, 0.3) is 10.1 Å². The molecule has 0 unspecified atom stereocenters. The maximum atomic E-state index is 14.3. The van der Waals surface area contributed by atoms with E-state index in [4.69, 9.17) is 0 Å². The van der Waals surface area contributed by atoms with Crippen LogP contribution in [0.15, 0.2) is 35.8 Å². The van der Waals surface area contributed by atoms with Gasteiger partial charge in [-0.25, -0.2) is 9.37 Å². The van der Waals surface area contributed by atoms with Crippen molar-refractivity contribution in [2.45, 2.75) is 12.8 Å². The number of hydrogen-bond acceptors (Lipinski definition) is 4. The third-order valence-electron chi connectivity index (χ3n) is 3.94. The van der Waals surface area contributed by atoms with Crippen LogP contribution in [0.4, 0.5) is 15.9 Å². The van der Waals surface area contributed by atoms with E-state index in [1.165, 1.54) is 12.1 Å². The van der Waals surface area contributed by atoms with Crippen molar-refractivity contribution in [1.82, 2.24) is 4.98 Å². The minimum atomic E-state index is -0.675. The quantitative estimate of drug-likeness (QED) is 0.748. The fourth-order valence-corrected chi connectivity index (χ4v) is 3.53. The lowest BCUT2D eigenvalue weighted by Gasteiger charge is -2.18. The van der Waals surface area contributed by atoms with Crippen molar-refractivity contribution >= 4 is 44.7 Å². The molecule has 3 heterocycles. The molecule has 7 heteroatoms. The third kappa shape index (κ3) is 2.52. The monoisotopic (exact) mass is 341 g/mol. The molecule has 1 aromatic carbocycles. The summed E-state index contributed by atoms with van der Waals surface area (Å²) in [5.41, 5.74) is 1.13. The second-order valence-electron chi connectivity index (χ2n) is 5.48. The first-order valence-electron chi connectivity index (χ1n) is 7.37. The predicted molar refractivity (Wildman–Crippen MR) is 90.9 cm³/mol. The summed E-state index contributed by atoms with van der Waals surface area (Å²) in [4.78, 5) is 28.0. The number of aromatic nitrogens is 1. The highest BCUT2D eigenvalue weighted by Gasteiger charge is 2.21. The van der Waals surface area contributed by atoms with Crippen LogP contribution in [0.2, 0.25) is 0 Å². The Morgan fingerprint density at radius 1 is 1.29 bits per heavy atom. The summed E-state index contributed by atoms with van der Waals surface area (Å²) in [5, 5.41) is 8.02. The predicted octanol–water partition coefficient (Wildman–Crippen LogP) is 3.57. The normalized spacial score (nSPS) is 13.5. The van der Waals surface area contributed by atoms with Crippen LogP contribution in [0.3, 0.4) is 0 Å². The summed E-state index contributed by atoms with van der Waals surface area (Å²) in [7, 11) is 0. The van der Waals surface area contributed by atoms with Crippen LogP contribution in [-0.4, -0.2) is 16.8 Å². The average Bonchev–Trinajstić information content (AvgIpc) is 3.03. The molecule has 1 aliphatic rings. The summed E-state index contributed by atoms with van der Waals surface area (Å²) >= 11 is 1.54. The number of fused-ring (bicyclic) bond motifs is 2. The summed E-state index contributed by atoms with van der Waals surface area (Å²) in [5.74, 6) is -0.971. The van der Waals surface area contributed by atoms with Crippen LogP contribution >= 0.6 is 11.3 Å². The highest BCUT2D eigenvalue weighted by atomic mass is 32.1. The van der Waals surface area contributed by atoms with Gasteiger partial charge in [-0.05, 0) is 41.6 Å². The van der Waals surface area contributed by atoms with Gasteiger partial charge >= 0.3 is 0 Å². The first-order chi connectivity index (χ1) is 11.6. The fraction of sp³-hybridized carbons (Fsp3) is 0.118. The SMILES string of the molecule is O=C1CCc2cc(C(=O)Nc3nccc4sccc34)c(F)cc2N1. The van der Waals surface area contributed by atoms with Crippen molar-refractivity contribution in [2.24, 2.45) is 0 Å². The van der Waals surface area contributed by atoms with Gasteiger partial charge in [0.15, 0.2) is 0 Å². The van der Waals surface area contributed by atoms with E-state index in [1.54, 1.807) is 17.5 Å². The van der Waals surface area contributed by atoms with Crippen LogP contribution < -0.4 is 10.6 Å². The van der Waals surface area contributed by atoms with Gasteiger partial charge in [-0.15, -0.1) is 11.3 Å². The minimum Gasteiger partial charge on any atom is -0.326 e. The molecule has 2 amide bonds. The van der Waals surface area contributed by atoms with E-state index in [0.717, 1.165) is 15.6 Å². The topological polar surface area (TPSA) is 71.1 Å². The molecule has 4 rings (SSSR count). The molecule has 1 aliphatic heterocycles. The molecule has 0 fully saturated rings. The van der Waals surface area contributed by atoms with Crippen molar-refractivity contribution in [2.75, 3.05) is 10.6 Å². The zero-order chi connectivity index (χ0) is 16.7. The van der Waals surface area contributed by atoms with Gasteiger partial charge < -0.3 is 10.6 Å². The van der Waals surface area contributed by atoms with Gasteiger partial charge in [-0.3, -0.25) is 9.59 Å². The number of rotatable bonds is 2. The molecule has 0 radical (unpaired) electrons. The van der Waals surface area contributed by atoms with Crippen molar-refractivity contribution in [1.29, 1.82) is 0 Å². The van der Waals surface area contributed by atoms with Gasteiger partial charge in [-0.1, -0.05) is 0 Å². The number of pyridine rings is 1. The van der Waals surface area contributed by atoms with Gasteiger partial charge in [0.05, 0.1) is 5.56 Å². The first kappa shape index (κ1) is 14.8. The molecule has 2 aromatic heterocycles. The van der Waals surface area contributed by atoms with E-state index in [1.807, 2.05) is 17.5 Å². The lowest BCUT2D eigenvalue weighted by Crippen LogP contribution is -2.21. The van der Waals surface area contributed by atoms with Gasteiger partial charge in [0, 0.05) is 28.4 Å². The summed E-state index contributed by atoms with van der Waals surface area (Å²) in [6.07, 6.45) is 2.42. The Hall–Kier alpha value is -2.80. The molecule has 0 saturated heterocycles. The molecule has 2 N–H and O–H groups in total. The molecule has 5 nitrogen and oxygen atoms in total. The van der Waals surface area contributed by atoms with Gasteiger partial charge in [-0.2, -0.15) is 0 Å². The maximum Gasteiger partial charge on any atom is 0.259 e. The summed E-state index contributed by atoms with van der Waals surface area (Å²) < 4.78 is 15.3. The fourth-order valence-electron chi connectivity index (χ4n) is 2.75. The number of anilines is 2. The molecule has 0 spiro atoms. The summed E-state index contributed by atoms with van der Waals surface area (Å²) in [6, 6.07) is 6.41. The number of carbonyl (C=O) groups is 2. The number of nitrogens with one attached hydrogen (secondary N) is 2. The van der Waals surface area contributed by atoms with Crippen LogP contribution in [-0.2, 0) is 11.2 Å². The van der Waals surface area contributed by atoms with Crippen LogP contribution in [0.5, 0.6) is 0 Å². The van der Waals surface area contributed by atoms with Gasteiger partial charge in [0.25, 0.3) is 5.91 Å². The number of amides is 2. The molecule has 0 aliphatic carbocycles. The van der Waals surface area contributed by atoms with Crippen molar-refractivity contribution < 1.29 is 14.0 Å². The Morgan fingerprint density at radius 2 is 2.17 bits per heavy atom. The molecule has 120 valence electrons. The van der Waals surface area contributed by atoms with E-state index in [-0.39, 0.29) is 11.5 Å². The Bertz CT molecular complexity index is 983. The number of thiophene rings is 1. The number of carbonyl (C=O) groups excluding carboxylic acids is 2. The van der Waals surface area contributed by atoms with E-state index in [0.29, 0.717) is 24.3 Å². The zero-order valence-electron chi connectivity index (χ0n) is 12.4. The van der Waals surface area contributed by atoms with E-state index in [2.05, 4.69) is 15.6 Å². The van der Waals surface area contributed by atoms with Gasteiger partial charge in [0.2, 0.25) is 5.91 Å². The van der Waals surface area contributed by atoms with Gasteiger partial charge in [0.1, 0.15) is 11.6 Å². The largest absolute Gasteiger partial charge is 0.326 e. The summed E-state index contributed by atoms with van der Waals surface area (Å²) in [6.45, 7) is 0. The Labute approximate surface area is 140 Å². The molecular formula is C17H12FN3O2S. The van der Waals surface area contributed by atoms with E-state index >= 15 is 0 Å². The molecular weight excluding hydrogens is 329 g/mol. The molecule has 24 heavy (non-hydrogen) atoms. The maximum absolute atomic E-state index is 14.3. The number of nitrogens with zero attached hydrogens (tertiary/aromatic N) is 1. The Morgan fingerprint density at radius 3 is 3.04 bits per heavy atom. The van der Waals surface area contributed by atoms with Crippen LogP contribution in [0.1, 0.15) is 22.3 Å². The van der Waals surface area contributed by atoms with Crippen molar-refractivity contribution in [3.05, 3.63) is 52.8 Å². The number of benzene rings is 1. The average molecular weight is 341 g/mol. The highest BCUT2D eigenvalue weighted by Crippen LogP contribution is 2.28. The molecule has 0 bridgehead atoms. The number of hydrogen-bond donors (Lipinski definition) is 2. The number of aryl methyl sites for hydroxylation is 1. The van der Waals surface area contributed by atoms with Crippen molar-refractivity contribution in [3.63, 3.8) is 0 Å².